The summed E-state index contributed by atoms with van der Waals surface area (Å²) < 4.78 is 10.1. The van der Waals surface area contributed by atoms with E-state index in [0.717, 1.165) is 12.8 Å². The van der Waals surface area contributed by atoms with E-state index in [1.807, 2.05) is 0 Å². The maximum absolute atomic E-state index is 12.3. The molecule has 2 aromatic rings. The van der Waals surface area contributed by atoms with Crippen molar-refractivity contribution < 1.29 is 18.7 Å². The number of carbonyl (C=O) groups is 2. The number of fused-ring (bicyclic) bond motifs is 1. The van der Waals surface area contributed by atoms with Crippen molar-refractivity contribution in [3.8, 4) is 0 Å². The zero-order chi connectivity index (χ0) is 16.2. The highest BCUT2D eigenvalue weighted by atomic mass is 16.6. The van der Waals surface area contributed by atoms with Crippen LogP contribution in [0.2, 0.25) is 0 Å². The minimum Gasteiger partial charge on any atom is -0.450 e. The summed E-state index contributed by atoms with van der Waals surface area (Å²) in [5.74, 6) is -0.135. The highest BCUT2D eigenvalue weighted by molar-refractivity contribution is 5.97. The zero-order valence-electron chi connectivity index (χ0n) is 12.9. The van der Waals surface area contributed by atoms with Gasteiger partial charge in [0.25, 0.3) is 5.91 Å². The van der Waals surface area contributed by atoms with Crippen LogP contribution in [0.4, 0.5) is 4.79 Å². The number of oxazole rings is 1. The fraction of sp³-hybridized carbons (Fsp3) is 0.438. The van der Waals surface area contributed by atoms with Crippen LogP contribution < -0.4 is 5.32 Å². The van der Waals surface area contributed by atoms with Gasteiger partial charge in [0.05, 0.1) is 6.61 Å². The molecule has 0 unspecified atom stereocenters. The van der Waals surface area contributed by atoms with Gasteiger partial charge in [0.2, 0.25) is 0 Å². The summed E-state index contributed by atoms with van der Waals surface area (Å²) in [6.07, 6.45) is 2.51. The van der Waals surface area contributed by atoms with E-state index in [4.69, 9.17) is 9.15 Å². The first-order chi connectivity index (χ1) is 11.2. The van der Waals surface area contributed by atoms with Gasteiger partial charge < -0.3 is 19.4 Å². The number of aromatic nitrogens is 1. The first-order valence-electron chi connectivity index (χ1n) is 7.73. The third kappa shape index (κ3) is 3.44. The Balaban J connectivity index is 1.55. The Morgan fingerprint density at radius 3 is 2.91 bits per heavy atom. The molecule has 7 heteroatoms. The fourth-order valence-corrected chi connectivity index (χ4v) is 2.69. The highest BCUT2D eigenvalue weighted by Crippen LogP contribution is 2.16. The quantitative estimate of drug-likeness (QED) is 0.938. The molecule has 1 N–H and O–H groups in total. The molecule has 23 heavy (non-hydrogen) atoms. The fourth-order valence-electron chi connectivity index (χ4n) is 2.69. The van der Waals surface area contributed by atoms with Crippen molar-refractivity contribution in [1.29, 1.82) is 0 Å². The molecule has 1 fully saturated rings. The topological polar surface area (TPSA) is 84.7 Å². The Hall–Kier alpha value is -2.57. The van der Waals surface area contributed by atoms with Gasteiger partial charge >= 0.3 is 6.09 Å². The predicted molar refractivity (Wildman–Crippen MR) is 83.1 cm³/mol. The molecule has 1 aromatic carbocycles. The van der Waals surface area contributed by atoms with Gasteiger partial charge in [-0.2, -0.15) is 0 Å². The molecular formula is C16H19N3O4. The average Bonchev–Trinajstić information content (AvgIpc) is 3.03. The van der Waals surface area contributed by atoms with Crippen LogP contribution in [0.3, 0.4) is 0 Å². The number of benzene rings is 1. The third-order valence-corrected chi connectivity index (χ3v) is 3.95. The van der Waals surface area contributed by atoms with Crippen molar-refractivity contribution in [3.63, 3.8) is 0 Å². The predicted octanol–water partition coefficient (Wildman–Crippen LogP) is 2.18. The van der Waals surface area contributed by atoms with E-state index < -0.39 is 0 Å². The monoisotopic (exact) mass is 317 g/mol. The van der Waals surface area contributed by atoms with Crippen LogP contribution >= 0.6 is 0 Å². The number of hydrogen-bond donors (Lipinski definition) is 1. The number of nitrogens with one attached hydrogen (secondary N) is 1. The standard InChI is InChI=1S/C16H19N3O4/c1-2-22-16(21)19-7-5-12(6-8-19)18-15(20)11-3-4-14-13(9-11)17-10-23-14/h3-4,9-10,12H,2,5-8H2,1H3,(H,18,20). The summed E-state index contributed by atoms with van der Waals surface area (Å²) in [6.45, 7) is 3.34. The van der Waals surface area contributed by atoms with E-state index >= 15 is 0 Å². The second-order valence-electron chi connectivity index (χ2n) is 5.47. The van der Waals surface area contributed by atoms with Crippen LogP contribution in [0.5, 0.6) is 0 Å². The van der Waals surface area contributed by atoms with Crippen molar-refractivity contribution in [2.45, 2.75) is 25.8 Å². The Morgan fingerprint density at radius 1 is 1.39 bits per heavy atom. The molecule has 2 heterocycles. The lowest BCUT2D eigenvalue weighted by Crippen LogP contribution is -2.46. The van der Waals surface area contributed by atoms with Crippen LogP contribution in [-0.4, -0.2) is 47.6 Å². The summed E-state index contributed by atoms with van der Waals surface area (Å²) in [4.78, 5) is 29.7. The van der Waals surface area contributed by atoms with Crippen LogP contribution in [0.1, 0.15) is 30.1 Å². The first-order valence-corrected chi connectivity index (χ1v) is 7.73. The maximum atomic E-state index is 12.3. The Labute approximate surface area is 133 Å². The van der Waals surface area contributed by atoms with Gasteiger partial charge in [-0.25, -0.2) is 9.78 Å². The number of ether oxygens (including phenoxy) is 1. The molecule has 0 spiro atoms. The van der Waals surface area contributed by atoms with Crippen molar-refractivity contribution in [2.75, 3.05) is 19.7 Å². The van der Waals surface area contributed by atoms with E-state index in [2.05, 4.69) is 10.3 Å². The molecule has 2 amide bonds. The first kappa shape index (κ1) is 15.3. The van der Waals surface area contributed by atoms with E-state index in [9.17, 15) is 9.59 Å². The van der Waals surface area contributed by atoms with Gasteiger partial charge in [-0.3, -0.25) is 4.79 Å². The summed E-state index contributed by atoms with van der Waals surface area (Å²) in [6, 6.07) is 5.22. The normalized spacial score (nSPS) is 15.6. The third-order valence-electron chi connectivity index (χ3n) is 3.95. The number of carbonyl (C=O) groups excluding carboxylic acids is 2. The summed E-state index contributed by atoms with van der Waals surface area (Å²) in [5.41, 5.74) is 1.87. The molecule has 0 aliphatic carbocycles. The van der Waals surface area contributed by atoms with E-state index in [1.54, 1.807) is 30.0 Å². The van der Waals surface area contributed by atoms with E-state index in [1.165, 1.54) is 6.39 Å². The lowest BCUT2D eigenvalue weighted by atomic mass is 10.0. The van der Waals surface area contributed by atoms with Gasteiger partial charge in [0, 0.05) is 24.7 Å². The molecule has 1 aliphatic rings. The van der Waals surface area contributed by atoms with Gasteiger partial charge in [-0.15, -0.1) is 0 Å². The molecular weight excluding hydrogens is 298 g/mol. The number of piperidine rings is 1. The van der Waals surface area contributed by atoms with Gasteiger partial charge in [-0.1, -0.05) is 0 Å². The van der Waals surface area contributed by atoms with Crippen molar-refractivity contribution >= 4 is 23.1 Å². The lowest BCUT2D eigenvalue weighted by molar-refractivity contribution is 0.0860. The number of amides is 2. The van der Waals surface area contributed by atoms with E-state index in [-0.39, 0.29) is 18.0 Å². The van der Waals surface area contributed by atoms with Gasteiger partial charge in [0.15, 0.2) is 12.0 Å². The molecule has 1 saturated heterocycles. The van der Waals surface area contributed by atoms with Gasteiger partial charge in [0.1, 0.15) is 5.52 Å². The molecule has 1 aromatic heterocycles. The zero-order valence-corrected chi connectivity index (χ0v) is 12.9. The Bertz CT molecular complexity index is 704. The van der Waals surface area contributed by atoms with Crippen LogP contribution in [-0.2, 0) is 4.74 Å². The largest absolute Gasteiger partial charge is 0.450 e. The number of nitrogens with zero attached hydrogens (tertiary/aromatic N) is 2. The molecule has 3 rings (SSSR count). The number of rotatable bonds is 3. The van der Waals surface area contributed by atoms with Crippen molar-refractivity contribution in [2.24, 2.45) is 0 Å². The van der Waals surface area contributed by atoms with Crippen LogP contribution in [0.15, 0.2) is 29.0 Å². The highest BCUT2D eigenvalue weighted by Gasteiger charge is 2.24. The van der Waals surface area contributed by atoms with Crippen LogP contribution in [0, 0.1) is 0 Å². The smallest absolute Gasteiger partial charge is 0.409 e. The van der Waals surface area contributed by atoms with E-state index in [0.29, 0.717) is 36.4 Å². The molecule has 0 bridgehead atoms. The molecule has 0 radical (unpaired) electrons. The second kappa shape index (κ2) is 6.68. The van der Waals surface area contributed by atoms with Crippen LogP contribution in [0.25, 0.3) is 11.1 Å². The Morgan fingerprint density at radius 2 is 2.17 bits per heavy atom. The SMILES string of the molecule is CCOC(=O)N1CCC(NC(=O)c2ccc3ocnc3c2)CC1. The minimum absolute atomic E-state index is 0.0567. The van der Waals surface area contributed by atoms with Gasteiger partial charge in [-0.05, 0) is 38.0 Å². The Kier molecular flexibility index (Phi) is 4.45. The summed E-state index contributed by atoms with van der Waals surface area (Å²) in [7, 11) is 0. The molecule has 7 nitrogen and oxygen atoms in total. The lowest BCUT2D eigenvalue weighted by Gasteiger charge is -2.31. The number of hydrogen-bond acceptors (Lipinski definition) is 5. The second-order valence-corrected chi connectivity index (χ2v) is 5.47. The molecule has 1 aliphatic heterocycles. The molecule has 122 valence electrons. The number of likely N-dealkylation sites (tertiary alicyclic amines) is 1. The van der Waals surface area contributed by atoms with Crippen molar-refractivity contribution in [1.82, 2.24) is 15.2 Å². The maximum Gasteiger partial charge on any atom is 0.409 e. The summed E-state index contributed by atoms with van der Waals surface area (Å²) in [5, 5.41) is 3.01. The molecule has 0 atom stereocenters. The average molecular weight is 317 g/mol. The molecule has 0 saturated carbocycles. The minimum atomic E-state index is -0.284. The summed E-state index contributed by atoms with van der Waals surface area (Å²) >= 11 is 0. The van der Waals surface area contributed by atoms with Crippen molar-refractivity contribution in [3.05, 3.63) is 30.2 Å².